The van der Waals surface area contributed by atoms with Gasteiger partial charge in [0.15, 0.2) is 0 Å². The monoisotopic (exact) mass is 380 g/mol. The number of hydrogen-bond acceptors (Lipinski definition) is 1. The average Bonchev–Trinajstić information content (AvgIpc) is 2.14. The average molecular weight is 382 g/mol. The van der Waals surface area contributed by atoms with Gasteiger partial charge in [-0.2, -0.15) is 13.2 Å². The topological polar surface area (TPSA) is 9.23 Å². The smallest absolute Gasteiger partial charge is 0.404 e. The Labute approximate surface area is 112 Å². The molecular weight excluding hydrogens is 376 g/mol. The number of benzene rings is 1. The molecule has 0 bridgehead atoms. The fourth-order valence-electron chi connectivity index (χ4n) is 0.850. The van der Waals surface area contributed by atoms with Gasteiger partial charge in [-0.15, -0.1) is 0 Å². The summed E-state index contributed by atoms with van der Waals surface area (Å²) in [4.78, 5) is -1.71. The van der Waals surface area contributed by atoms with Crippen LogP contribution in [0.15, 0.2) is 22.7 Å². The molecule has 0 spiro atoms. The Balaban J connectivity index is 2.62. The van der Waals surface area contributed by atoms with Crippen LogP contribution in [-0.2, 0) is 0 Å². The Bertz CT molecular complexity index is 370. The van der Waals surface area contributed by atoms with Crippen molar-refractivity contribution in [3.05, 3.63) is 27.7 Å². The van der Waals surface area contributed by atoms with Gasteiger partial charge in [0.1, 0.15) is 17.2 Å². The summed E-state index contributed by atoms with van der Waals surface area (Å²) in [5.41, 5.74) is 0. The minimum Gasteiger partial charge on any atom is -0.490 e. The zero-order valence-corrected chi connectivity index (χ0v) is 11.6. The van der Waals surface area contributed by atoms with Gasteiger partial charge in [0.25, 0.3) is 0 Å². The third-order valence-corrected chi connectivity index (χ3v) is 3.21. The van der Waals surface area contributed by atoms with Crippen LogP contribution in [0.5, 0.6) is 5.75 Å². The van der Waals surface area contributed by atoms with Gasteiger partial charge in [-0.25, -0.2) is 0 Å². The molecule has 1 rings (SSSR count). The molecule has 1 aromatic rings. The summed E-state index contributed by atoms with van der Waals surface area (Å²) in [5.74, 6) is 0.221. The second kappa shape index (κ2) is 5.60. The lowest BCUT2D eigenvalue weighted by molar-refractivity contribution is -0.132. The predicted octanol–water partition coefficient (Wildman–Crippen LogP) is 4.81. The van der Waals surface area contributed by atoms with E-state index in [1.807, 2.05) is 0 Å². The highest BCUT2D eigenvalue weighted by atomic mass is 79.9. The zero-order valence-electron chi connectivity index (χ0n) is 7.69. The van der Waals surface area contributed by atoms with E-state index >= 15 is 0 Å². The maximum atomic E-state index is 12.1. The molecule has 0 radical (unpaired) electrons. The summed E-state index contributed by atoms with van der Waals surface area (Å²) < 4.78 is 42.1. The SMILES string of the molecule is FC(F)(F)C(Br)COc1ccc(Br)cc1Cl. The lowest BCUT2D eigenvalue weighted by Gasteiger charge is -2.15. The fraction of sp³-hybridized carbons (Fsp3) is 0.333. The Morgan fingerprint density at radius 1 is 1.38 bits per heavy atom. The number of alkyl halides is 4. The van der Waals surface area contributed by atoms with Crippen molar-refractivity contribution in [2.24, 2.45) is 0 Å². The predicted molar refractivity (Wildman–Crippen MR) is 63.4 cm³/mol. The summed E-state index contributed by atoms with van der Waals surface area (Å²) in [6.07, 6.45) is -4.33. The van der Waals surface area contributed by atoms with Crippen LogP contribution in [0.4, 0.5) is 13.2 Å². The van der Waals surface area contributed by atoms with E-state index < -0.39 is 17.6 Å². The van der Waals surface area contributed by atoms with E-state index in [1.54, 1.807) is 12.1 Å². The quantitative estimate of drug-likeness (QED) is 0.682. The highest BCUT2D eigenvalue weighted by Gasteiger charge is 2.38. The molecule has 16 heavy (non-hydrogen) atoms. The van der Waals surface area contributed by atoms with Crippen LogP contribution in [0.2, 0.25) is 5.02 Å². The van der Waals surface area contributed by atoms with Crippen molar-refractivity contribution in [3.8, 4) is 5.75 Å². The minimum absolute atomic E-state index is 0.221. The van der Waals surface area contributed by atoms with E-state index in [-0.39, 0.29) is 10.8 Å². The van der Waals surface area contributed by atoms with E-state index in [9.17, 15) is 13.2 Å². The van der Waals surface area contributed by atoms with Gasteiger partial charge in [0.05, 0.1) is 5.02 Å². The molecule has 1 unspecified atom stereocenters. The van der Waals surface area contributed by atoms with Crippen molar-refractivity contribution >= 4 is 43.5 Å². The minimum atomic E-state index is -4.33. The highest BCUT2D eigenvalue weighted by molar-refractivity contribution is 9.10. The maximum Gasteiger partial charge on any atom is 0.404 e. The lowest BCUT2D eigenvalue weighted by atomic mass is 10.3. The number of halogens is 6. The molecule has 0 fully saturated rings. The van der Waals surface area contributed by atoms with Crippen LogP contribution in [0.1, 0.15) is 0 Å². The fourth-order valence-corrected chi connectivity index (χ4v) is 1.71. The third-order valence-electron chi connectivity index (χ3n) is 1.63. The Kier molecular flexibility index (Phi) is 4.94. The van der Waals surface area contributed by atoms with Crippen LogP contribution in [0.25, 0.3) is 0 Å². The summed E-state index contributed by atoms with van der Waals surface area (Å²) in [7, 11) is 0. The van der Waals surface area contributed by atoms with Crippen molar-refractivity contribution in [1.29, 1.82) is 0 Å². The van der Waals surface area contributed by atoms with Crippen molar-refractivity contribution < 1.29 is 17.9 Å². The van der Waals surface area contributed by atoms with E-state index in [0.717, 1.165) is 4.47 Å². The highest BCUT2D eigenvalue weighted by Crippen LogP contribution is 2.30. The molecule has 0 aromatic heterocycles. The first-order valence-electron chi connectivity index (χ1n) is 4.09. The molecule has 0 heterocycles. The molecular formula is C9H6Br2ClF3O. The van der Waals surface area contributed by atoms with Gasteiger partial charge in [0, 0.05) is 4.47 Å². The first kappa shape index (κ1) is 14.1. The van der Waals surface area contributed by atoms with Gasteiger partial charge in [0.2, 0.25) is 0 Å². The maximum absolute atomic E-state index is 12.1. The normalized spacial score (nSPS) is 13.6. The summed E-state index contributed by atoms with van der Waals surface area (Å²) >= 11 is 11.4. The molecule has 0 saturated heterocycles. The first-order valence-corrected chi connectivity index (χ1v) is 6.18. The molecule has 0 aliphatic heterocycles. The first-order chi connectivity index (χ1) is 7.30. The van der Waals surface area contributed by atoms with E-state index in [1.165, 1.54) is 6.07 Å². The molecule has 0 aliphatic carbocycles. The summed E-state index contributed by atoms with van der Waals surface area (Å²) in [5, 5.41) is 0.260. The van der Waals surface area contributed by atoms with Crippen molar-refractivity contribution in [2.45, 2.75) is 11.0 Å². The number of ether oxygens (including phenoxy) is 1. The second-order valence-electron chi connectivity index (χ2n) is 2.89. The van der Waals surface area contributed by atoms with Crippen LogP contribution in [0.3, 0.4) is 0 Å². The summed E-state index contributed by atoms with van der Waals surface area (Å²) in [6.45, 7) is -0.523. The molecule has 7 heteroatoms. The van der Waals surface area contributed by atoms with Crippen LogP contribution < -0.4 is 4.74 Å². The van der Waals surface area contributed by atoms with Gasteiger partial charge < -0.3 is 4.74 Å². The molecule has 0 saturated carbocycles. The molecule has 0 aliphatic rings. The molecule has 0 N–H and O–H groups in total. The van der Waals surface area contributed by atoms with E-state index in [4.69, 9.17) is 16.3 Å². The largest absolute Gasteiger partial charge is 0.490 e. The van der Waals surface area contributed by atoms with Crippen LogP contribution in [-0.4, -0.2) is 17.6 Å². The molecule has 90 valence electrons. The van der Waals surface area contributed by atoms with Gasteiger partial charge in [-0.3, -0.25) is 0 Å². The van der Waals surface area contributed by atoms with Crippen LogP contribution in [0, 0.1) is 0 Å². The standard InChI is InChI=1S/C9H6Br2ClF3O/c10-5-1-2-7(6(12)3-5)16-4-8(11)9(13,14)15/h1-3,8H,4H2. The second-order valence-corrected chi connectivity index (χ2v) is 5.32. The number of rotatable bonds is 3. The molecule has 0 amide bonds. The lowest BCUT2D eigenvalue weighted by Crippen LogP contribution is -2.28. The molecule has 1 aromatic carbocycles. The van der Waals surface area contributed by atoms with Gasteiger partial charge in [-0.05, 0) is 18.2 Å². The Morgan fingerprint density at radius 2 is 2.00 bits per heavy atom. The molecule has 1 nitrogen and oxygen atoms in total. The number of hydrogen-bond donors (Lipinski definition) is 0. The third kappa shape index (κ3) is 4.14. The molecule has 1 atom stereocenters. The van der Waals surface area contributed by atoms with Gasteiger partial charge in [-0.1, -0.05) is 43.5 Å². The van der Waals surface area contributed by atoms with Gasteiger partial charge >= 0.3 is 6.18 Å². The Morgan fingerprint density at radius 3 is 2.50 bits per heavy atom. The summed E-state index contributed by atoms with van der Waals surface area (Å²) in [6, 6.07) is 4.69. The Hall–Kier alpha value is 0.0600. The zero-order chi connectivity index (χ0) is 12.3. The van der Waals surface area contributed by atoms with Crippen LogP contribution >= 0.6 is 43.5 Å². The van der Waals surface area contributed by atoms with Crippen molar-refractivity contribution in [2.75, 3.05) is 6.61 Å². The van der Waals surface area contributed by atoms with Crippen molar-refractivity contribution in [1.82, 2.24) is 0 Å². The van der Waals surface area contributed by atoms with Crippen molar-refractivity contribution in [3.63, 3.8) is 0 Å². The van der Waals surface area contributed by atoms with E-state index in [2.05, 4.69) is 31.9 Å². The van der Waals surface area contributed by atoms with E-state index in [0.29, 0.717) is 0 Å².